The Labute approximate surface area is 87.5 Å². The van der Waals surface area contributed by atoms with Gasteiger partial charge in [0, 0.05) is 12.7 Å². The quantitative estimate of drug-likeness (QED) is 0.704. The van der Waals surface area contributed by atoms with Crippen molar-refractivity contribution < 1.29 is 9.21 Å². The molecule has 0 aromatic carbocycles. The lowest BCUT2D eigenvalue weighted by Gasteiger charge is -1.96. The molecule has 2 rings (SSSR count). The van der Waals surface area contributed by atoms with E-state index in [9.17, 15) is 4.79 Å². The molecule has 0 bridgehead atoms. The smallest absolute Gasteiger partial charge is 0.185 e. The number of aldehydes is 1. The first-order valence-electron chi connectivity index (χ1n) is 4.69. The van der Waals surface area contributed by atoms with Crippen LogP contribution < -0.4 is 0 Å². The zero-order valence-electron chi connectivity index (χ0n) is 8.94. The minimum atomic E-state index is 0.340. The van der Waals surface area contributed by atoms with Crippen molar-refractivity contribution in [2.75, 3.05) is 0 Å². The highest BCUT2D eigenvalue weighted by Crippen LogP contribution is 2.27. The van der Waals surface area contributed by atoms with Gasteiger partial charge < -0.3 is 4.42 Å². The van der Waals surface area contributed by atoms with E-state index in [0.29, 0.717) is 17.8 Å². The summed E-state index contributed by atoms with van der Waals surface area (Å²) in [5.74, 6) is 1.04. The zero-order chi connectivity index (χ0) is 11.0. The van der Waals surface area contributed by atoms with Crippen LogP contribution in [-0.2, 0) is 7.05 Å². The van der Waals surface area contributed by atoms with Crippen molar-refractivity contribution in [1.29, 1.82) is 0 Å². The second kappa shape index (κ2) is 3.38. The summed E-state index contributed by atoms with van der Waals surface area (Å²) in [5.41, 5.74) is 2.90. The highest BCUT2D eigenvalue weighted by Gasteiger charge is 2.14. The Balaban J connectivity index is 2.57. The van der Waals surface area contributed by atoms with Crippen LogP contribution in [0.2, 0.25) is 0 Å². The van der Waals surface area contributed by atoms with Crippen molar-refractivity contribution in [3.05, 3.63) is 29.3 Å². The Morgan fingerprint density at radius 2 is 2.13 bits per heavy atom. The molecule has 0 N–H and O–H groups in total. The fourth-order valence-corrected chi connectivity index (χ4v) is 1.68. The van der Waals surface area contributed by atoms with E-state index >= 15 is 0 Å². The summed E-state index contributed by atoms with van der Waals surface area (Å²) >= 11 is 0. The molecule has 0 aliphatic carbocycles. The van der Waals surface area contributed by atoms with Gasteiger partial charge in [-0.1, -0.05) is 0 Å². The van der Waals surface area contributed by atoms with Crippen molar-refractivity contribution in [2.24, 2.45) is 7.05 Å². The van der Waals surface area contributed by atoms with Gasteiger partial charge in [0.15, 0.2) is 12.0 Å². The number of carbonyl (C=O) groups is 1. The molecule has 0 radical (unpaired) electrons. The van der Waals surface area contributed by atoms with E-state index in [1.165, 1.54) is 0 Å². The highest BCUT2D eigenvalue weighted by molar-refractivity contribution is 5.73. The van der Waals surface area contributed by atoms with Crippen LogP contribution in [0.5, 0.6) is 0 Å². The molecule has 0 atom stereocenters. The molecule has 4 nitrogen and oxygen atoms in total. The Morgan fingerprint density at radius 1 is 1.40 bits per heavy atom. The number of hydrogen-bond acceptors (Lipinski definition) is 3. The van der Waals surface area contributed by atoms with Gasteiger partial charge in [-0.25, -0.2) is 0 Å². The van der Waals surface area contributed by atoms with E-state index in [1.807, 2.05) is 20.9 Å². The summed E-state index contributed by atoms with van der Waals surface area (Å²) in [6.07, 6.45) is 0.699. The molecule has 0 aliphatic heterocycles. The van der Waals surface area contributed by atoms with Gasteiger partial charge in [-0.15, -0.1) is 0 Å². The first kappa shape index (κ1) is 9.71. The first-order valence-corrected chi connectivity index (χ1v) is 4.69. The van der Waals surface area contributed by atoms with Gasteiger partial charge in [0.1, 0.15) is 5.76 Å². The second-order valence-corrected chi connectivity index (χ2v) is 3.49. The molecule has 2 aromatic heterocycles. The first-order chi connectivity index (χ1) is 7.13. The zero-order valence-corrected chi connectivity index (χ0v) is 8.94. The van der Waals surface area contributed by atoms with E-state index in [2.05, 4.69) is 5.10 Å². The number of carbonyl (C=O) groups excluding carboxylic acids is 1. The molecule has 0 unspecified atom stereocenters. The molecular formula is C11H12N2O2. The van der Waals surface area contributed by atoms with Gasteiger partial charge in [-0.3, -0.25) is 9.48 Å². The molecule has 0 saturated heterocycles. The summed E-state index contributed by atoms with van der Waals surface area (Å²) in [4.78, 5) is 10.5. The predicted molar refractivity (Wildman–Crippen MR) is 55.8 cm³/mol. The van der Waals surface area contributed by atoms with Crippen LogP contribution in [0.25, 0.3) is 11.3 Å². The lowest BCUT2D eigenvalue weighted by atomic mass is 10.1. The number of rotatable bonds is 2. The van der Waals surface area contributed by atoms with Crippen LogP contribution >= 0.6 is 0 Å². The summed E-state index contributed by atoms with van der Waals surface area (Å²) in [7, 11) is 1.88. The molecule has 2 aromatic rings. The maximum absolute atomic E-state index is 10.5. The Kier molecular flexibility index (Phi) is 2.19. The Bertz CT molecular complexity index is 509. The maximum Gasteiger partial charge on any atom is 0.185 e. The topological polar surface area (TPSA) is 48.0 Å². The fourth-order valence-electron chi connectivity index (χ4n) is 1.68. The SMILES string of the molecule is Cc1nn(C)c(C)c1-c1ccc(C=O)o1. The lowest BCUT2D eigenvalue weighted by Crippen LogP contribution is -1.92. The van der Waals surface area contributed by atoms with Gasteiger partial charge in [-0.2, -0.15) is 5.10 Å². The molecule has 2 heterocycles. The summed E-state index contributed by atoms with van der Waals surface area (Å²) in [6, 6.07) is 3.45. The normalized spacial score (nSPS) is 10.6. The lowest BCUT2D eigenvalue weighted by molar-refractivity contribution is 0.110. The van der Waals surface area contributed by atoms with E-state index in [4.69, 9.17) is 4.42 Å². The van der Waals surface area contributed by atoms with Gasteiger partial charge in [-0.05, 0) is 26.0 Å². The van der Waals surface area contributed by atoms with Crippen molar-refractivity contribution in [1.82, 2.24) is 9.78 Å². The van der Waals surface area contributed by atoms with Crippen molar-refractivity contribution in [2.45, 2.75) is 13.8 Å². The average molecular weight is 204 g/mol. The van der Waals surface area contributed by atoms with Crippen molar-refractivity contribution >= 4 is 6.29 Å². The Morgan fingerprint density at radius 3 is 2.60 bits per heavy atom. The average Bonchev–Trinajstić information content (AvgIpc) is 2.74. The van der Waals surface area contributed by atoms with Crippen molar-refractivity contribution in [3.8, 4) is 11.3 Å². The predicted octanol–water partition coefficient (Wildman–Crippen LogP) is 2.11. The standard InChI is InChI=1S/C11H12N2O2/c1-7-11(8(2)13(3)12-7)10-5-4-9(6-14)15-10/h4-6H,1-3H3. The highest BCUT2D eigenvalue weighted by atomic mass is 16.3. The molecule has 0 fully saturated rings. The van der Waals surface area contributed by atoms with E-state index in [-0.39, 0.29) is 0 Å². The molecular weight excluding hydrogens is 192 g/mol. The van der Waals surface area contributed by atoms with Crippen LogP contribution in [0.4, 0.5) is 0 Å². The van der Waals surface area contributed by atoms with Crippen LogP contribution in [0.15, 0.2) is 16.5 Å². The number of aryl methyl sites for hydroxylation is 2. The Hall–Kier alpha value is -1.84. The largest absolute Gasteiger partial charge is 0.453 e. The monoisotopic (exact) mass is 204 g/mol. The molecule has 0 aliphatic rings. The summed E-state index contributed by atoms with van der Waals surface area (Å²) in [6.45, 7) is 3.89. The van der Waals surface area contributed by atoms with E-state index < -0.39 is 0 Å². The van der Waals surface area contributed by atoms with Gasteiger partial charge >= 0.3 is 0 Å². The summed E-state index contributed by atoms with van der Waals surface area (Å²) in [5, 5.41) is 4.29. The molecule has 0 amide bonds. The minimum Gasteiger partial charge on any atom is -0.453 e. The maximum atomic E-state index is 10.5. The number of aromatic nitrogens is 2. The van der Waals surface area contributed by atoms with Crippen LogP contribution in [0.3, 0.4) is 0 Å². The van der Waals surface area contributed by atoms with Crippen LogP contribution in [0.1, 0.15) is 21.9 Å². The van der Waals surface area contributed by atoms with Crippen molar-refractivity contribution in [3.63, 3.8) is 0 Å². The third-order valence-corrected chi connectivity index (χ3v) is 2.50. The van der Waals surface area contributed by atoms with E-state index in [1.54, 1.807) is 16.8 Å². The minimum absolute atomic E-state index is 0.340. The number of hydrogen-bond donors (Lipinski definition) is 0. The summed E-state index contributed by atoms with van der Waals surface area (Å²) < 4.78 is 7.17. The number of furan rings is 1. The van der Waals surface area contributed by atoms with Crippen LogP contribution in [0, 0.1) is 13.8 Å². The van der Waals surface area contributed by atoms with Gasteiger partial charge in [0.05, 0.1) is 11.3 Å². The molecule has 78 valence electrons. The molecule has 4 heteroatoms. The molecule has 0 saturated carbocycles. The van der Waals surface area contributed by atoms with Crippen LogP contribution in [-0.4, -0.2) is 16.1 Å². The molecule has 15 heavy (non-hydrogen) atoms. The second-order valence-electron chi connectivity index (χ2n) is 3.49. The third-order valence-electron chi connectivity index (χ3n) is 2.50. The van der Waals surface area contributed by atoms with E-state index in [0.717, 1.165) is 17.0 Å². The fraction of sp³-hybridized carbons (Fsp3) is 0.273. The van der Waals surface area contributed by atoms with Gasteiger partial charge in [0.25, 0.3) is 0 Å². The third kappa shape index (κ3) is 1.48. The van der Waals surface area contributed by atoms with Gasteiger partial charge in [0.2, 0.25) is 0 Å². The number of nitrogens with zero attached hydrogens (tertiary/aromatic N) is 2. The molecule has 0 spiro atoms.